The summed E-state index contributed by atoms with van der Waals surface area (Å²) >= 11 is 0. The van der Waals surface area contributed by atoms with Crippen LogP contribution in [0.2, 0.25) is 0 Å². The van der Waals surface area contributed by atoms with Crippen LogP contribution in [0.4, 0.5) is 8.78 Å². The van der Waals surface area contributed by atoms with E-state index in [9.17, 15) is 33.4 Å². The molecule has 262 valence electrons. The number of carbonyl (C=O) groups is 3. The zero-order valence-electron chi connectivity index (χ0n) is 28.6. The number of hydrogen-bond donors (Lipinski definition) is 5. The Balaban J connectivity index is 2.44. The van der Waals surface area contributed by atoms with Crippen LogP contribution >= 0.6 is 0 Å². The molecule has 0 spiro atoms. The lowest BCUT2D eigenvalue weighted by molar-refractivity contribution is -0.136. The molecule has 47 heavy (non-hydrogen) atoms. The first-order valence-corrected chi connectivity index (χ1v) is 16.9. The highest BCUT2D eigenvalue weighted by molar-refractivity contribution is 5.97. The van der Waals surface area contributed by atoms with Crippen molar-refractivity contribution in [3.63, 3.8) is 0 Å². The number of rotatable bonds is 20. The summed E-state index contributed by atoms with van der Waals surface area (Å²) in [5.41, 5.74) is 0.393. The van der Waals surface area contributed by atoms with E-state index in [1.807, 2.05) is 13.8 Å². The molecule has 0 bridgehead atoms. The number of nitrogens with zero attached hydrogens (tertiary/aromatic N) is 1. The first-order chi connectivity index (χ1) is 22.3. The smallest absolute Gasteiger partial charge is 0.253 e. The van der Waals surface area contributed by atoms with Gasteiger partial charge in [-0.05, 0) is 66.8 Å². The summed E-state index contributed by atoms with van der Waals surface area (Å²) in [6.45, 7) is 11.9. The van der Waals surface area contributed by atoms with E-state index in [0.29, 0.717) is 31.4 Å². The van der Waals surface area contributed by atoms with Gasteiger partial charge in [-0.25, -0.2) is 8.78 Å². The first-order valence-electron chi connectivity index (χ1n) is 16.9. The van der Waals surface area contributed by atoms with Gasteiger partial charge in [-0.3, -0.25) is 19.4 Å². The minimum atomic E-state index is -1.70. The molecule has 5 atom stereocenters. The monoisotopic (exact) mass is 660 g/mol. The molecule has 3 amide bonds. The molecule has 2 rings (SSSR count). The third-order valence-electron chi connectivity index (χ3n) is 8.34. The van der Waals surface area contributed by atoms with Crippen LogP contribution in [-0.4, -0.2) is 63.8 Å². The molecule has 0 aliphatic rings. The fourth-order valence-electron chi connectivity index (χ4n) is 5.91. The SMILES string of the molecule is CCCC(CCC)CCC(NC(=O)c1cccnc1)C(=O)N[C@@H](Cc1cc(F)cc(F)c1)[C@@H](O)[C@H](O)[C@H](C(=O)NCC(C)C)C(C)C. The lowest BCUT2D eigenvalue weighted by atomic mass is 9.83. The highest BCUT2D eigenvalue weighted by Crippen LogP contribution is 2.24. The van der Waals surface area contributed by atoms with Crippen molar-refractivity contribution >= 4 is 17.7 Å². The number of aliphatic hydroxyl groups is 2. The Kier molecular flexibility index (Phi) is 16.9. The third-order valence-corrected chi connectivity index (χ3v) is 8.34. The zero-order chi connectivity index (χ0) is 35.1. The lowest BCUT2D eigenvalue weighted by Gasteiger charge is -2.34. The third kappa shape index (κ3) is 13.3. The maximum absolute atomic E-state index is 14.2. The van der Waals surface area contributed by atoms with Gasteiger partial charge in [0.2, 0.25) is 11.8 Å². The Hall–Kier alpha value is -3.44. The van der Waals surface area contributed by atoms with Crippen molar-refractivity contribution in [2.45, 2.75) is 111 Å². The predicted octanol–water partition coefficient (Wildman–Crippen LogP) is 4.95. The van der Waals surface area contributed by atoms with Crippen LogP contribution in [0, 0.1) is 35.3 Å². The number of aromatic nitrogens is 1. The molecule has 1 aromatic carbocycles. The number of amides is 3. The van der Waals surface area contributed by atoms with Gasteiger partial charge in [0.05, 0.1) is 23.6 Å². The number of pyridine rings is 1. The molecule has 1 aromatic heterocycles. The Morgan fingerprint density at radius 3 is 2.02 bits per heavy atom. The summed E-state index contributed by atoms with van der Waals surface area (Å²) in [5.74, 6) is -4.23. The highest BCUT2D eigenvalue weighted by Gasteiger charge is 2.39. The maximum atomic E-state index is 14.2. The van der Waals surface area contributed by atoms with Crippen molar-refractivity contribution < 1.29 is 33.4 Å². The minimum Gasteiger partial charge on any atom is -0.390 e. The van der Waals surface area contributed by atoms with Gasteiger partial charge in [0.1, 0.15) is 23.8 Å². The molecule has 11 heteroatoms. The van der Waals surface area contributed by atoms with Gasteiger partial charge in [0.25, 0.3) is 5.91 Å². The van der Waals surface area contributed by atoms with E-state index < -0.39 is 65.5 Å². The molecule has 0 saturated carbocycles. The van der Waals surface area contributed by atoms with Crippen LogP contribution in [0.15, 0.2) is 42.7 Å². The van der Waals surface area contributed by atoms with Gasteiger partial charge in [-0.2, -0.15) is 0 Å². The summed E-state index contributed by atoms with van der Waals surface area (Å²) in [5, 5.41) is 31.3. The normalized spacial score (nSPS) is 14.8. The number of halogens is 2. The van der Waals surface area contributed by atoms with E-state index in [1.54, 1.807) is 26.0 Å². The van der Waals surface area contributed by atoms with E-state index >= 15 is 0 Å². The number of benzene rings is 1. The van der Waals surface area contributed by atoms with E-state index in [2.05, 4.69) is 34.8 Å². The standard InChI is InChI=1S/C36H54F2N4O5/c1-7-10-24(11-8-2)13-14-29(41-34(45)26-12-9-15-39-21-26)35(46)42-30(18-25-16-27(37)19-28(38)17-25)32(43)33(44)31(23(5)6)36(47)40-20-22(3)4/h9,12,15-17,19,21-24,29-33,43-44H,7-8,10-11,13-14,18,20H2,1-6H3,(H,40,47)(H,41,45)(H,42,46)/t29?,30-,31+,32+,33+/m0/s1. The van der Waals surface area contributed by atoms with Crippen LogP contribution in [0.3, 0.4) is 0 Å². The molecule has 2 aromatic rings. The van der Waals surface area contributed by atoms with Crippen LogP contribution < -0.4 is 16.0 Å². The average Bonchev–Trinajstić information content (AvgIpc) is 3.01. The maximum Gasteiger partial charge on any atom is 0.253 e. The molecular formula is C36H54F2N4O5. The van der Waals surface area contributed by atoms with E-state index in [-0.39, 0.29) is 23.5 Å². The average molecular weight is 661 g/mol. The summed E-state index contributed by atoms with van der Waals surface area (Å²) < 4.78 is 28.4. The molecule has 0 aliphatic heterocycles. The van der Waals surface area contributed by atoms with Gasteiger partial charge < -0.3 is 26.2 Å². The molecule has 0 fully saturated rings. The summed E-state index contributed by atoms with van der Waals surface area (Å²) in [6.07, 6.45) is 4.16. The summed E-state index contributed by atoms with van der Waals surface area (Å²) in [4.78, 5) is 44.2. The van der Waals surface area contributed by atoms with Crippen LogP contribution in [0.1, 0.15) is 96.0 Å². The molecule has 1 heterocycles. The topological polar surface area (TPSA) is 141 Å². The zero-order valence-corrected chi connectivity index (χ0v) is 28.6. The second kappa shape index (κ2) is 20.0. The number of nitrogens with one attached hydrogen (secondary N) is 3. The molecule has 5 N–H and O–H groups in total. The second-order valence-corrected chi connectivity index (χ2v) is 13.3. The van der Waals surface area contributed by atoms with Crippen molar-refractivity contribution in [2.75, 3.05) is 6.54 Å². The van der Waals surface area contributed by atoms with Crippen LogP contribution in [0.25, 0.3) is 0 Å². The Bertz CT molecular complexity index is 1240. The van der Waals surface area contributed by atoms with E-state index in [4.69, 9.17) is 0 Å². The minimum absolute atomic E-state index is 0.131. The van der Waals surface area contributed by atoms with E-state index in [1.165, 1.54) is 12.4 Å². The van der Waals surface area contributed by atoms with Crippen molar-refractivity contribution in [1.82, 2.24) is 20.9 Å². The number of aliphatic hydroxyl groups excluding tert-OH is 2. The van der Waals surface area contributed by atoms with Crippen molar-refractivity contribution in [1.29, 1.82) is 0 Å². The summed E-state index contributed by atoms with van der Waals surface area (Å²) in [6, 6.07) is 3.77. The van der Waals surface area contributed by atoms with Gasteiger partial charge in [-0.1, -0.05) is 67.2 Å². The van der Waals surface area contributed by atoms with Crippen LogP contribution in [0.5, 0.6) is 0 Å². The molecule has 1 unspecified atom stereocenters. The Morgan fingerprint density at radius 2 is 1.49 bits per heavy atom. The second-order valence-electron chi connectivity index (χ2n) is 13.3. The Morgan fingerprint density at radius 1 is 0.851 bits per heavy atom. The first kappa shape index (κ1) is 39.7. The predicted molar refractivity (Wildman–Crippen MR) is 178 cm³/mol. The number of hydrogen-bond acceptors (Lipinski definition) is 6. The lowest BCUT2D eigenvalue weighted by Crippen LogP contribution is -2.58. The molecular weight excluding hydrogens is 606 g/mol. The fourth-order valence-corrected chi connectivity index (χ4v) is 5.91. The molecule has 0 radical (unpaired) electrons. The highest BCUT2D eigenvalue weighted by atomic mass is 19.1. The molecule has 0 aliphatic carbocycles. The van der Waals surface area contributed by atoms with Gasteiger partial charge in [-0.15, -0.1) is 0 Å². The van der Waals surface area contributed by atoms with Crippen molar-refractivity contribution in [3.05, 3.63) is 65.5 Å². The quantitative estimate of drug-likeness (QED) is 0.136. The van der Waals surface area contributed by atoms with E-state index in [0.717, 1.165) is 37.8 Å². The largest absolute Gasteiger partial charge is 0.390 e. The molecule has 0 saturated heterocycles. The number of carbonyl (C=O) groups excluding carboxylic acids is 3. The van der Waals surface area contributed by atoms with Gasteiger partial charge >= 0.3 is 0 Å². The van der Waals surface area contributed by atoms with Crippen molar-refractivity contribution in [2.24, 2.45) is 23.7 Å². The Labute approximate surface area is 278 Å². The van der Waals surface area contributed by atoms with Gasteiger partial charge in [0.15, 0.2) is 0 Å². The van der Waals surface area contributed by atoms with Crippen LogP contribution in [-0.2, 0) is 16.0 Å². The summed E-state index contributed by atoms with van der Waals surface area (Å²) in [7, 11) is 0. The van der Waals surface area contributed by atoms with Gasteiger partial charge in [0, 0.05) is 25.0 Å². The van der Waals surface area contributed by atoms with Crippen molar-refractivity contribution in [3.8, 4) is 0 Å². The fraction of sp³-hybridized carbons (Fsp3) is 0.611. The molecule has 9 nitrogen and oxygen atoms in total.